The molecule has 34 valence electrons. The van der Waals surface area contributed by atoms with Crippen LogP contribution in [0, 0.1) is 0 Å². The van der Waals surface area contributed by atoms with Crippen LogP contribution in [-0.2, 0) is 0 Å². The Morgan fingerprint density at radius 3 is 1.00 bits per heavy atom. The van der Waals surface area contributed by atoms with Gasteiger partial charge in [-0.05, 0) is 0 Å². The van der Waals surface area contributed by atoms with Gasteiger partial charge in [0.25, 0.3) is 0 Å². The summed E-state index contributed by atoms with van der Waals surface area (Å²) >= 11 is 14.6. The standard InChI is InChI=1S/Cl3P.FH/c1-4(2)3;/h;1H. The van der Waals surface area contributed by atoms with Crippen LogP contribution in [-0.4, -0.2) is 0 Å². The molecule has 0 fully saturated rings. The minimum Gasteiger partial charge on any atom is -0.269 e. The van der Waals surface area contributed by atoms with E-state index in [-0.39, 0.29) is 4.70 Å². The lowest BCUT2D eigenvalue weighted by atomic mass is 19.0. The molecular weight excluding hydrogens is 156 g/mol. The van der Waals surface area contributed by atoms with Gasteiger partial charge in [-0.2, -0.15) is 0 Å². The predicted molar refractivity (Wildman–Crippen MR) is 27.0 cm³/mol. The summed E-state index contributed by atoms with van der Waals surface area (Å²) in [5, 5.41) is 0. The lowest BCUT2D eigenvalue weighted by molar-refractivity contribution is 1.11. The van der Waals surface area contributed by atoms with Gasteiger partial charge in [-0.15, -0.1) is 0 Å². The molecule has 0 rings (SSSR count). The van der Waals surface area contributed by atoms with Crippen molar-refractivity contribution in [2.75, 3.05) is 0 Å². The van der Waals surface area contributed by atoms with E-state index in [2.05, 4.69) is 0 Å². The summed E-state index contributed by atoms with van der Waals surface area (Å²) in [5.41, 5.74) is 0. The van der Waals surface area contributed by atoms with Crippen molar-refractivity contribution in [2.24, 2.45) is 0 Å². The van der Waals surface area contributed by atoms with Crippen LogP contribution in [0.2, 0.25) is 0 Å². The van der Waals surface area contributed by atoms with E-state index in [1.165, 1.54) is 0 Å². The first kappa shape index (κ1) is 9.52. The highest BCUT2D eigenvalue weighted by molar-refractivity contribution is 8.20. The molecule has 0 aliphatic rings. The first-order chi connectivity index (χ1) is 1.73. The third-order valence-electron chi connectivity index (χ3n) is 0. The Morgan fingerprint density at radius 1 is 1.00 bits per heavy atom. The molecule has 0 nitrogen and oxygen atoms in total. The van der Waals surface area contributed by atoms with Gasteiger partial charge >= 0.3 is 0 Å². The minimum absolute atomic E-state index is 0. The molecule has 0 radical (unpaired) electrons. The van der Waals surface area contributed by atoms with E-state index >= 15 is 0 Å². The van der Waals surface area contributed by atoms with E-state index < -0.39 is 5.98 Å². The van der Waals surface area contributed by atoms with E-state index in [1.807, 2.05) is 0 Å². The smallest absolute Gasteiger partial charge is 0.179 e. The van der Waals surface area contributed by atoms with Gasteiger partial charge in [0.15, 0.2) is 5.98 Å². The molecular formula is HCl3FP. The Hall–Kier alpha value is 1.23. The highest BCUT2D eigenvalue weighted by Crippen LogP contribution is 2.51. The summed E-state index contributed by atoms with van der Waals surface area (Å²) in [6, 6.07) is 0. The maximum atomic E-state index is 4.87. The third-order valence-corrected chi connectivity index (χ3v) is 0. The second-order valence-corrected chi connectivity index (χ2v) is 5.17. The van der Waals surface area contributed by atoms with Crippen LogP contribution >= 0.6 is 39.7 Å². The molecule has 0 saturated carbocycles. The van der Waals surface area contributed by atoms with Crippen LogP contribution < -0.4 is 0 Å². The lowest BCUT2D eigenvalue weighted by Crippen LogP contribution is -0.958. The minimum atomic E-state index is -1.20. The highest BCUT2D eigenvalue weighted by atomic mass is 36.0. The predicted octanol–water partition coefficient (Wildman–Crippen LogP) is 3.08. The van der Waals surface area contributed by atoms with Crippen molar-refractivity contribution in [3.05, 3.63) is 0 Å². The van der Waals surface area contributed by atoms with Crippen molar-refractivity contribution in [3.8, 4) is 0 Å². The van der Waals surface area contributed by atoms with Crippen LogP contribution in [0.25, 0.3) is 0 Å². The zero-order chi connectivity index (χ0) is 3.58. The van der Waals surface area contributed by atoms with Crippen molar-refractivity contribution >= 4 is 39.7 Å². The summed E-state index contributed by atoms with van der Waals surface area (Å²) in [6.07, 6.45) is 0. The van der Waals surface area contributed by atoms with Gasteiger partial charge in [0.05, 0.1) is 0 Å². The van der Waals surface area contributed by atoms with Crippen LogP contribution in [0.15, 0.2) is 0 Å². The third kappa shape index (κ3) is 36.1. The Labute approximate surface area is 44.9 Å². The molecule has 0 saturated heterocycles. The molecule has 0 heterocycles. The van der Waals surface area contributed by atoms with E-state index in [1.54, 1.807) is 0 Å². The maximum absolute atomic E-state index is 4.87. The van der Waals surface area contributed by atoms with E-state index in [0.29, 0.717) is 0 Å². The Bertz CT molecular complexity index is 11.6. The molecule has 0 atom stereocenters. The summed E-state index contributed by atoms with van der Waals surface area (Å²) in [6.45, 7) is 0. The lowest BCUT2D eigenvalue weighted by Gasteiger charge is -1.68. The molecule has 0 aromatic carbocycles. The molecule has 5 heteroatoms. The van der Waals surface area contributed by atoms with Crippen LogP contribution in [0.5, 0.6) is 0 Å². The Balaban J connectivity index is 0. The summed E-state index contributed by atoms with van der Waals surface area (Å²) in [7, 11) is 0. The SMILES string of the molecule is ClP(Cl)Cl.F. The topological polar surface area (TPSA) is 0 Å². The monoisotopic (exact) mass is 156 g/mol. The average molecular weight is 157 g/mol. The van der Waals surface area contributed by atoms with Gasteiger partial charge in [-0.1, -0.05) is 33.7 Å². The highest BCUT2D eigenvalue weighted by Gasteiger charge is 1.80. The summed E-state index contributed by atoms with van der Waals surface area (Å²) in [5.74, 6) is -1.20. The van der Waals surface area contributed by atoms with Gasteiger partial charge in [-0.3, -0.25) is 4.70 Å². The van der Waals surface area contributed by atoms with Crippen molar-refractivity contribution in [1.82, 2.24) is 0 Å². The zero-order valence-corrected chi connectivity index (χ0v) is 5.15. The Morgan fingerprint density at radius 2 is 1.00 bits per heavy atom. The van der Waals surface area contributed by atoms with Crippen molar-refractivity contribution < 1.29 is 4.70 Å². The molecule has 0 amide bonds. The van der Waals surface area contributed by atoms with E-state index in [9.17, 15) is 0 Å². The zero-order valence-electron chi connectivity index (χ0n) is 1.99. The van der Waals surface area contributed by atoms with Gasteiger partial charge < -0.3 is 0 Å². The number of rotatable bonds is 0. The average Bonchev–Trinajstić information content (AvgIpc) is 0.811. The molecule has 0 aliphatic carbocycles. The molecule has 5 heavy (non-hydrogen) atoms. The fraction of sp³-hybridized carbons (Fsp3) is 0. The quantitative estimate of drug-likeness (QED) is 0.474. The second kappa shape index (κ2) is 5.23. The normalized spacial score (nSPS) is 7.20. The van der Waals surface area contributed by atoms with Crippen LogP contribution in [0.3, 0.4) is 0 Å². The summed E-state index contributed by atoms with van der Waals surface area (Å²) in [4.78, 5) is 0. The molecule has 0 unspecified atom stereocenters. The largest absolute Gasteiger partial charge is 0.269 e. The van der Waals surface area contributed by atoms with Gasteiger partial charge in [0.1, 0.15) is 0 Å². The molecule has 0 aliphatic heterocycles. The molecule has 0 spiro atoms. The van der Waals surface area contributed by atoms with Crippen molar-refractivity contribution in [1.29, 1.82) is 0 Å². The molecule has 0 aromatic rings. The fourth-order valence-corrected chi connectivity index (χ4v) is 0. The van der Waals surface area contributed by atoms with Crippen molar-refractivity contribution in [3.63, 3.8) is 0 Å². The fourth-order valence-electron chi connectivity index (χ4n) is 0. The first-order valence-corrected chi connectivity index (χ1v) is 4.56. The second-order valence-electron chi connectivity index (χ2n) is 0.192. The molecule has 0 bridgehead atoms. The van der Waals surface area contributed by atoms with Crippen LogP contribution in [0.1, 0.15) is 0 Å². The number of halogens is 4. The van der Waals surface area contributed by atoms with Crippen molar-refractivity contribution in [2.45, 2.75) is 0 Å². The van der Waals surface area contributed by atoms with Gasteiger partial charge in [-0.25, -0.2) is 0 Å². The van der Waals surface area contributed by atoms with Gasteiger partial charge in [0.2, 0.25) is 0 Å². The number of hydrogen-bond acceptors (Lipinski definition) is 0. The Kier molecular flexibility index (Phi) is 9.96. The van der Waals surface area contributed by atoms with E-state index in [0.717, 1.165) is 0 Å². The van der Waals surface area contributed by atoms with E-state index in [4.69, 9.17) is 33.7 Å². The first-order valence-electron chi connectivity index (χ1n) is 0.507. The number of hydrogen-bond donors (Lipinski definition) is 0. The maximum Gasteiger partial charge on any atom is 0.179 e. The molecule has 0 aromatic heterocycles. The van der Waals surface area contributed by atoms with Gasteiger partial charge in [0, 0.05) is 0 Å². The molecule has 0 N–H and O–H groups in total. The summed E-state index contributed by atoms with van der Waals surface area (Å²) < 4.78 is 0. The van der Waals surface area contributed by atoms with Crippen LogP contribution in [0.4, 0.5) is 4.70 Å².